The van der Waals surface area contributed by atoms with Gasteiger partial charge in [0, 0.05) is 18.2 Å². The number of nitrogens with one attached hydrogen (secondary N) is 1. The van der Waals surface area contributed by atoms with Crippen LogP contribution in [0.25, 0.3) is 0 Å². The standard InChI is InChI=1S/C10H10ClNO2/c1-7(13)12-9-4-2-3-8(5-9)10(14)6-11/h2-5H,6H2,1H3,(H,12,13). The van der Waals surface area contributed by atoms with Gasteiger partial charge in [-0.25, -0.2) is 0 Å². The normalized spacial score (nSPS) is 9.57. The van der Waals surface area contributed by atoms with E-state index in [1.54, 1.807) is 24.3 Å². The Morgan fingerprint density at radius 2 is 2.14 bits per heavy atom. The number of hydrogen-bond donors (Lipinski definition) is 1. The van der Waals surface area contributed by atoms with Gasteiger partial charge in [-0.05, 0) is 12.1 Å². The lowest BCUT2D eigenvalue weighted by Gasteiger charge is -2.03. The molecule has 0 saturated heterocycles. The highest BCUT2D eigenvalue weighted by Crippen LogP contribution is 2.11. The monoisotopic (exact) mass is 211 g/mol. The molecule has 1 amide bonds. The molecule has 0 aliphatic carbocycles. The third kappa shape index (κ3) is 2.85. The van der Waals surface area contributed by atoms with Crippen molar-refractivity contribution in [3.63, 3.8) is 0 Å². The fourth-order valence-corrected chi connectivity index (χ4v) is 1.21. The Morgan fingerprint density at radius 3 is 2.71 bits per heavy atom. The van der Waals surface area contributed by atoms with Crippen LogP contribution < -0.4 is 5.32 Å². The zero-order valence-electron chi connectivity index (χ0n) is 7.71. The fraction of sp³-hybridized carbons (Fsp3) is 0.200. The molecule has 0 spiro atoms. The molecule has 0 radical (unpaired) electrons. The Morgan fingerprint density at radius 1 is 1.43 bits per heavy atom. The van der Waals surface area contributed by atoms with Crippen molar-refractivity contribution in [3.8, 4) is 0 Å². The number of ketones is 1. The van der Waals surface area contributed by atoms with Gasteiger partial charge in [0.15, 0.2) is 5.78 Å². The summed E-state index contributed by atoms with van der Waals surface area (Å²) in [6.07, 6.45) is 0. The Balaban J connectivity index is 2.89. The van der Waals surface area contributed by atoms with Crippen molar-refractivity contribution in [2.24, 2.45) is 0 Å². The maximum Gasteiger partial charge on any atom is 0.221 e. The van der Waals surface area contributed by atoms with Crippen molar-refractivity contribution in [2.45, 2.75) is 6.92 Å². The first-order chi connectivity index (χ1) is 6.63. The molecule has 14 heavy (non-hydrogen) atoms. The van der Waals surface area contributed by atoms with Crippen LogP contribution in [0.3, 0.4) is 0 Å². The van der Waals surface area contributed by atoms with Crippen LogP contribution in [-0.4, -0.2) is 17.6 Å². The van der Waals surface area contributed by atoms with Gasteiger partial charge in [0.2, 0.25) is 5.91 Å². The minimum absolute atomic E-state index is 0.0521. The molecule has 0 atom stereocenters. The molecule has 1 aromatic rings. The minimum atomic E-state index is -0.166. The van der Waals surface area contributed by atoms with E-state index in [1.165, 1.54) is 6.92 Å². The van der Waals surface area contributed by atoms with Crippen molar-refractivity contribution >= 4 is 29.0 Å². The molecule has 0 aliphatic heterocycles. The molecule has 0 unspecified atom stereocenters. The van der Waals surface area contributed by atoms with E-state index in [4.69, 9.17) is 11.6 Å². The van der Waals surface area contributed by atoms with E-state index in [1.807, 2.05) is 0 Å². The third-order valence-corrected chi connectivity index (χ3v) is 1.87. The molecule has 1 N–H and O–H groups in total. The smallest absolute Gasteiger partial charge is 0.221 e. The van der Waals surface area contributed by atoms with Crippen LogP contribution in [0, 0.1) is 0 Å². The van der Waals surface area contributed by atoms with Gasteiger partial charge in [0.25, 0.3) is 0 Å². The predicted octanol–water partition coefficient (Wildman–Crippen LogP) is 2.07. The van der Waals surface area contributed by atoms with Crippen molar-refractivity contribution < 1.29 is 9.59 Å². The minimum Gasteiger partial charge on any atom is -0.326 e. The summed E-state index contributed by atoms with van der Waals surface area (Å²) in [7, 11) is 0. The number of halogens is 1. The lowest BCUT2D eigenvalue weighted by atomic mass is 10.1. The SMILES string of the molecule is CC(=O)Nc1cccc(C(=O)CCl)c1. The van der Waals surface area contributed by atoms with Gasteiger partial charge in [-0.15, -0.1) is 11.6 Å². The molecule has 74 valence electrons. The lowest BCUT2D eigenvalue weighted by Crippen LogP contribution is -2.07. The Hall–Kier alpha value is -1.35. The molecule has 0 saturated carbocycles. The van der Waals surface area contributed by atoms with Crippen LogP contribution >= 0.6 is 11.6 Å². The van der Waals surface area contributed by atoms with Crippen molar-refractivity contribution in [2.75, 3.05) is 11.2 Å². The van der Waals surface area contributed by atoms with Crippen LogP contribution in [0.4, 0.5) is 5.69 Å². The highest BCUT2D eigenvalue weighted by molar-refractivity contribution is 6.30. The van der Waals surface area contributed by atoms with E-state index in [0.717, 1.165) is 0 Å². The summed E-state index contributed by atoms with van der Waals surface area (Å²) in [5.41, 5.74) is 1.11. The molecular weight excluding hydrogens is 202 g/mol. The summed E-state index contributed by atoms with van der Waals surface area (Å²) in [6, 6.07) is 6.68. The molecule has 3 nitrogen and oxygen atoms in total. The summed E-state index contributed by atoms with van der Waals surface area (Å²) in [4.78, 5) is 21.9. The molecule has 0 aliphatic rings. The molecule has 1 aromatic carbocycles. The third-order valence-electron chi connectivity index (χ3n) is 1.63. The van der Waals surface area contributed by atoms with Gasteiger partial charge in [0.05, 0.1) is 5.88 Å². The first-order valence-corrected chi connectivity index (χ1v) is 4.63. The quantitative estimate of drug-likeness (QED) is 0.615. The molecule has 0 aromatic heterocycles. The number of alkyl halides is 1. The Bertz CT molecular complexity index is 363. The number of Topliss-reactive ketones (excluding diaryl/α,β-unsaturated/α-hetero) is 1. The van der Waals surface area contributed by atoms with Crippen molar-refractivity contribution in [1.29, 1.82) is 0 Å². The Kier molecular flexibility index (Phi) is 3.65. The number of anilines is 1. The summed E-state index contributed by atoms with van der Waals surface area (Å²) < 4.78 is 0. The molecule has 0 bridgehead atoms. The average molecular weight is 212 g/mol. The van der Waals surface area contributed by atoms with Crippen molar-refractivity contribution in [3.05, 3.63) is 29.8 Å². The van der Waals surface area contributed by atoms with E-state index in [2.05, 4.69) is 5.32 Å². The number of benzene rings is 1. The van der Waals surface area contributed by atoms with Crippen LogP contribution in [0.5, 0.6) is 0 Å². The largest absolute Gasteiger partial charge is 0.326 e. The zero-order chi connectivity index (χ0) is 10.6. The predicted molar refractivity (Wildman–Crippen MR) is 55.8 cm³/mol. The van der Waals surface area contributed by atoms with E-state index in [-0.39, 0.29) is 17.6 Å². The second-order valence-electron chi connectivity index (χ2n) is 2.82. The van der Waals surface area contributed by atoms with Gasteiger partial charge in [-0.2, -0.15) is 0 Å². The van der Waals surface area contributed by atoms with Crippen LogP contribution in [0.1, 0.15) is 17.3 Å². The maximum absolute atomic E-state index is 11.2. The topological polar surface area (TPSA) is 46.2 Å². The number of amides is 1. The maximum atomic E-state index is 11.2. The number of rotatable bonds is 3. The van der Waals surface area contributed by atoms with E-state index in [9.17, 15) is 9.59 Å². The van der Waals surface area contributed by atoms with E-state index >= 15 is 0 Å². The highest BCUT2D eigenvalue weighted by Gasteiger charge is 2.04. The fourth-order valence-electron chi connectivity index (χ4n) is 1.05. The number of carbonyl (C=O) groups is 2. The summed E-state index contributed by atoms with van der Waals surface area (Å²) in [6.45, 7) is 1.41. The van der Waals surface area contributed by atoms with E-state index in [0.29, 0.717) is 11.3 Å². The average Bonchev–Trinajstić information content (AvgIpc) is 2.16. The lowest BCUT2D eigenvalue weighted by molar-refractivity contribution is -0.114. The van der Waals surface area contributed by atoms with Gasteiger partial charge in [-0.3, -0.25) is 9.59 Å². The van der Waals surface area contributed by atoms with Crippen molar-refractivity contribution in [1.82, 2.24) is 0 Å². The second-order valence-corrected chi connectivity index (χ2v) is 3.09. The van der Waals surface area contributed by atoms with Gasteiger partial charge in [0.1, 0.15) is 0 Å². The summed E-state index contributed by atoms with van der Waals surface area (Å²) >= 11 is 5.41. The molecule has 1 rings (SSSR count). The molecule has 0 heterocycles. The van der Waals surface area contributed by atoms with E-state index < -0.39 is 0 Å². The molecular formula is C10H10ClNO2. The molecule has 0 fully saturated rings. The first kappa shape index (κ1) is 10.7. The van der Waals surface area contributed by atoms with Gasteiger partial charge in [-0.1, -0.05) is 12.1 Å². The number of hydrogen-bond acceptors (Lipinski definition) is 2. The van der Waals surface area contributed by atoms with Gasteiger partial charge < -0.3 is 5.32 Å². The number of carbonyl (C=O) groups excluding carboxylic acids is 2. The highest BCUT2D eigenvalue weighted by atomic mass is 35.5. The zero-order valence-corrected chi connectivity index (χ0v) is 8.47. The van der Waals surface area contributed by atoms with Crippen LogP contribution in [-0.2, 0) is 4.79 Å². The first-order valence-electron chi connectivity index (χ1n) is 4.10. The summed E-state index contributed by atoms with van der Waals surface area (Å²) in [5.74, 6) is -0.372. The molecule has 4 heteroatoms. The van der Waals surface area contributed by atoms with Gasteiger partial charge >= 0.3 is 0 Å². The summed E-state index contributed by atoms with van der Waals surface area (Å²) in [5, 5.41) is 2.59. The van der Waals surface area contributed by atoms with Crippen LogP contribution in [0.2, 0.25) is 0 Å². The second kappa shape index (κ2) is 4.77. The Labute approximate surface area is 87.1 Å². The van der Waals surface area contributed by atoms with Crippen LogP contribution in [0.15, 0.2) is 24.3 Å².